The van der Waals surface area contributed by atoms with Crippen LogP contribution in [-0.4, -0.2) is 11.2 Å². The average molecular weight is 202 g/mol. The first-order valence-corrected chi connectivity index (χ1v) is 5.80. The van der Waals surface area contributed by atoms with Crippen LogP contribution in [0.3, 0.4) is 0 Å². The zero-order valence-corrected chi connectivity index (χ0v) is 9.24. The summed E-state index contributed by atoms with van der Waals surface area (Å²) in [4.78, 5) is 0. The highest BCUT2D eigenvalue weighted by molar-refractivity contribution is 5.28. The topological polar surface area (TPSA) is 20.2 Å². The van der Waals surface area contributed by atoms with Gasteiger partial charge in [0.1, 0.15) is 6.10 Å². The minimum atomic E-state index is -0.473. The lowest BCUT2D eigenvalue weighted by Gasteiger charge is -2.30. The first kappa shape index (κ1) is 10.5. The van der Waals surface area contributed by atoms with Crippen LogP contribution in [-0.2, 0) is 0 Å². The van der Waals surface area contributed by atoms with Gasteiger partial charge in [-0.05, 0) is 44.1 Å². The Morgan fingerprint density at radius 3 is 3.07 bits per heavy atom. The molecule has 0 spiro atoms. The van der Waals surface area contributed by atoms with Gasteiger partial charge in [-0.1, -0.05) is 24.1 Å². The van der Waals surface area contributed by atoms with Crippen LogP contribution in [0.5, 0.6) is 0 Å². The molecule has 0 bridgehead atoms. The molecular weight excluding hydrogens is 184 g/mol. The quantitative estimate of drug-likeness (QED) is 0.648. The Morgan fingerprint density at radius 2 is 2.27 bits per heavy atom. The molecule has 1 N–H and O–H groups in total. The molecule has 0 saturated carbocycles. The summed E-state index contributed by atoms with van der Waals surface area (Å²) in [6, 6.07) is 0. The number of hydrogen-bond acceptors (Lipinski definition) is 1. The summed E-state index contributed by atoms with van der Waals surface area (Å²) in [6.07, 6.45) is 11.0. The van der Waals surface area contributed by atoms with Gasteiger partial charge in [0.05, 0.1) is 0 Å². The van der Waals surface area contributed by atoms with Crippen LogP contribution in [0.15, 0.2) is 23.8 Å². The standard InChI is InChI=1S/C14H18O/c1-2-5-14(15)13-9-8-11-6-3-4-7-12(11)10-13/h4,7,10-11,13-15H,3,6,8-9H2,1H3/t11-,13-,14+/m1/s1. The van der Waals surface area contributed by atoms with Gasteiger partial charge in [0, 0.05) is 5.92 Å². The molecule has 0 aromatic heterocycles. The van der Waals surface area contributed by atoms with E-state index in [-0.39, 0.29) is 5.92 Å². The Labute approximate surface area is 91.9 Å². The number of aliphatic hydroxyl groups excluding tert-OH is 1. The largest absolute Gasteiger partial charge is 0.380 e. The monoisotopic (exact) mass is 202 g/mol. The van der Waals surface area contributed by atoms with E-state index in [0.29, 0.717) is 0 Å². The lowest BCUT2D eigenvalue weighted by atomic mass is 9.76. The summed E-state index contributed by atoms with van der Waals surface area (Å²) < 4.78 is 0. The Bertz CT molecular complexity index is 340. The van der Waals surface area contributed by atoms with Crippen molar-refractivity contribution in [1.29, 1.82) is 0 Å². The maximum Gasteiger partial charge on any atom is 0.120 e. The van der Waals surface area contributed by atoms with E-state index in [2.05, 4.69) is 30.1 Å². The van der Waals surface area contributed by atoms with Crippen molar-refractivity contribution in [2.24, 2.45) is 11.8 Å². The third-order valence-corrected chi connectivity index (χ3v) is 3.42. The van der Waals surface area contributed by atoms with E-state index in [9.17, 15) is 5.11 Å². The number of fused-ring (bicyclic) bond motifs is 1. The zero-order chi connectivity index (χ0) is 10.7. The second-order valence-electron chi connectivity index (χ2n) is 4.42. The van der Waals surface area contributed by atoms with Gasteiger partial charge in [-0.25, -0.2) is 0 Å². The van der Waals surface area contributed by atoms with Crippen LogP contribution in [0.1, 0.15) is 32.6 Å². The fourth-order valence-corrected chi connectivity index (χ4v) is 2.55. The normalized spacial score (nSPS) is 30.9. The molecule has 0 heterocycles. The lowest BCUT2D eigenvalue weighted by Crippen LogP contribution is -2.23. The van der Waals surface area contributed by atoms with Gasteiger partial charge < -0.3 is 5.11 Å². The average Bonchev–Trinajstić information content (AvgIpc) is 2.29. The van der Waals surface area contributed by atoms with E-state index < -0.39 is 6.10 Å². The maximum atomic E-state index is 9.82. The van der Waals surface area contributed by atoms with Crippen molar-refractivity contribution >= 4 is 0 Å². The molecule has 80 valence electrons. The van der Waals surface area contributed by atoms with Crippen LogP contribution >= 0.6 is 0 Å². The first-order chi connectivity index (χ1) is 7.31. The smallest absolute Gasteiger partial charge is 0.120 e. The summed E-state index contributed by atoms with van der Waals surface area (Å²) in [5.41, 5.74) is 1.43. The second kappa shape index (κ2) is 4.68. The van der Waals surface area contributed by atoms with Crippen LogP contribution in [0.4, 0.5) is 0 Å². The van der Waals surface area contributed by atoms with Gasteiger partial charge in [0.2, 0.25) is 0 Å². The van der Waals surface area contributed by atoms with Crippen molar-refractivity contribution < 1.29 is 5.11 Å². The van der Waals surface area contributed by atoms with Crippen LogP contribution in [0.2, 0.25) is 0 Å². The number of allylic oxidation sites excluding steroid dienone is 3. The molecule has 2 rings (SSSR count). The summed E-state index contributed by atoms with van der Waals surface area (Å²) in [7, 11) is 0. The number of rotatable bonds is 1. The van der Waals surface area contributed by atoms with Crippen molar-refractivity contribution in [2.45, 2.75) is 38.7 Å². The molecular formula is C14H18O. The third kappa shape index (κ3) is 2.33. The van der Waals surface area contributed by atoms with Crippen molar-refractivity contribution in [1.82, 2.24) is 0 Å². The lowest BCUT2D eigenvalue weighted by molar-refractivity contribution is 0.170. The predicted octanol–water partition coefficient (Wildman–Crippen LogP) is 2.67. The molecule has 1 nitrogen and oxygen atoms in total. The van der Waals surface area contributed by atoms with Crippen molar-refractivity contribution in [2.75, 3.05) is 0 Å². The number of aliphatic hydroxyl groups is 1. The van der Waals surface area contributed by atoms with Crippen molar-refractivity contribution in [3.05, 3.63) is 23.8 Å². The summed E-state index contributed by atoms with van der Waals surface area (Å²) in [5, 5.41) is 9.82. The highest BCUT2D eigenvalue weighted by Crippen LogP contribution is 2.36. The number of hydrogen-bond donors (Lipinski definition) is 1. The molecule has 0 saturated heterocycles. The fourth-order valence-electron chi connectivity index (χ4n) is 2.55. The Balaban J connectivity index is 2.13. The fraction of sp³-hybridized carbons (Fsp3) is 0.571. The molecule has 15 heavy (non-hydrogen) atoms. The maximum absolute atomic E-state index is 9.82. The van der Waals surface area contributed by atoms with Crippen molar-refractivity contribution in [3.63, 3.8) is 0 Å². The molecule has 2 aliphatic rings. The van der Waals surface area contributed by atoms with Gasteiger partial charge in [-0.2, -0.15) is 0 Å². The Kier molecular flexibility index (Phi) is 3.28. The van der Waals surface area contributed by atoms with E-state index in [4.69, 9.17) is 0 Å². The van der Waals surface area contributed by atoms with E-state index >= 15 is 0 Å². The summed E-state index contributed by atoms with van der Waals surface area (Å²) in [6.45, 7) is 1.78. The van der Waals surface area contributed by atoms with Gasteiger partial charge in [0.25, 0.3) is 0 Å². The van der Waals surface area contributed by atoms with Gasteiger partial charge in [-0.15, -0.1) is 5.92 Å². The highest BCUT2D eigenvalue weighted by atomic mass is 16.3. The van der Waals surface area contributed by atoms with E-state index in [1.807, 2.05) is 0 Å². The molecule has 3 atom stereocenters. The van der Waals surface area contributed by atoms with Gasteiger partial charge in [0.15, 0.2) is 0 Å². The minimum absolute atomic E-state index is 0.242. The van der Waals surface area contributed by atoms with E-state index in [1.54, 1.807) is 6.92 Å². The van der Waals surface area contributed by atoms with Gasteiger partial charge in [-0.3, -0.25) is 0 Å². The first-order valence-electron chi connectivity index (χ1n) is 5.80. The Morgan fingerprint density at radius 1 is 1.40 bits per heavy atom. The predicted molar refractivity (Wildman–Crippen MR) is 62.1 cm³/mol. The van der Waals surface area contributed by atoms with Crippen molar-refractivity contribution in [3.8, 4) is 11.8 Å². The molecule has 0 aromatic rings. The minimum Gasteiger partial charge on any atom is -0.380 e. The van der Waals surface area contributed by atoms with Gasteiger partial charge >= 0.3 is 0 Å². The summed E-state index contributed by atoms with van der Waals surface area (Å²) >= 11 is 0. The SMILES string of the molecule is CC#C[C@H](O)[C@H]1C=C2C=CCC[C@@H]2CC1. The molecule has 0 aromatic carbocycles. The molecule has 0 aliphatic heterocycles. The van der Waals surface area contributed by atoms with E-state index in [1.165, 1.54) is 24.8 Å². The summed E-state index contributed by atoms with van der Waals surface area (Å²) in [5.74, 6) is 6.62. The highest BCUT2D eigenvalue weighted by Gasteiger charge is 2.25. The van der Waals surface area contributed by atoms with Crippen LogP contribution in [0.25, 0.3) is 0 Å². The van der Waals surface area contributed by atoms with Crippen LogP contribution in [0, 0.1) is 23.7 Å². The molecule has 1 heteroatoms. The van der Waals surface area contributed by atoms with E-state index in [0.717, 1.165) is 12.3 Å². The Hall–Kier alpha value is -1.00. The second-order valence-corrected chi connectivity index (χ2v) is 4.42. The molecule has 0 unspecified atom stereocenters. The molecule has 0 radical (unpaired) electrons. The zero-order valence-electron chi connectivity index (χ0n) is 9.24. The molecule has 2 aliphatic carbocycles. The molecule has 0 fully saturated rings. The van der Waals surface area contributed by atoms with Crippen LogP contribution < -0.4 is 0 Å². The molecule has 0 amide bonds. The third-order valence-electron chi connectivity index (χ3n) is 3.42.